The highest BCUT2D eigenvalue weighted by Crippen LogP contribution is 2.39. The molecular weight excluding hydrogens is 394 g/mol. The molecule has 3 heterocycles. The van der Waals surface area contributed by atoms with Gasteiger partial charge in [0.2, 0.25) is 0 Å². The lowest BCUT2D eigenvalue weighted by molar-refractivity contribution is 0.356. The van der Waals surface area contributed by atoms with Gasteiger partial charge in [0.1, 0.15) is 9.84 Å². The maximum Gasteiger partial charge on any atom is 0.262 e. The number of fused-ring (bicyclic) bond motifs is 1. The number of hydrogen-bond acceptors (Lipinski definition) is 7. The molecule has 0 aliphatic heterocycles. The van der Waals surface area contributed by atoms with E-state index in [9.17, 15) is 4.79 Å². The highest BCUT2D eigenvalue weighted by atomic mass is 32.1. The average Bonchev–Trinajstić information content (AvgIpc) is 3.36. The number of hydrogen-bond donors (Lipinski definition) is 0. The van der Waals surface area contributed by atoms with Crippen LogP contribution in [-0.4, -0.2) is 28.8 Å². The Hall–Kier alpha value is -2.71. The molecule has 4 rings (SSSR count). The number of thiazole rings is 1. The molecule has 0 amide bonds. The van der Waals surface area contributed by atoms with Crippen molar-refractivity contribution >= 4 is 32.9 Å². The van der Waals surface area contributed by atoms with E-state index < -0.39 is 0 Å². The normalized spacial score (nSPS) is 11.1. The summed E-state index contributed by atoms with van der Waals surface area (Å²) in [5.41, 5.74) is 1.64. The lowest BCUT2D eigenvalue weighted by Gasteiger charge is -2.10. The molecule has 0 aliphatic carbocycles. The number of nitrogens with zero attached hydrogens (tertiary/aromatic N) is 3. The third-order valence-corrected chi connectivity index (χ3v) is 6.55. The Labute approximate surface area is 170 Å². The number of rotatable bonds is 6. The molecule has 0 saturated carbocycles. The fourth-order valence-electron chi connectivity index (χ4n) is 3.03. The summed E-state index contributed by atoms with van der Waals surface area (Å²) in [4.78, 5) is 23.9. The molecule has 3 aromatic heterocycles. The molecule has 28 heavy (non-hydrogen) atoms. The minimum absolute atomic E-state index is 0.0329. The predicted molar refractivity (Wildman–Crippen MR) is 113 cm³/mol. The molecule has 1 aromatic carbocycles. The van der Waals surface area contributed by atoms with Crippen molar-refractivity contribution < 1.29 is 9.47 Å². The van der Waals surface area contributed by atoms with Crippen LogP contribution < -0.4 is 15.0 Å². The van der Waals surface area contributed by atoms with E-state index in [0.717, 1.165) is 27.5 Å². The van der Waals surface area contributed by atoms with Crippen LogP contribution in [0.1, 0.15) is 17.5 Å². The van der Waals surface area contributed by atoms with Crippen molar-refractivity contribution in [3.63, 3.8) is 0 Å². The molecule has 0 fully saturated rings. The number of para-hydroxylation sites is 1. The number of ether oxygens (including phenoxy) is 2. The Bertz CT molecular complexity index is 1190. The highest BCUT2D eigenvalue weighted by molar-refractivity contribution is 7.18. The first-order valence-electron chi connectivity index (χ1n) is 8.78. The van der Waals surface area contributed by atoms with Gasteiger partial charge in [0.25, 0.3) is 5.56 Å². The SMILES string of the molecule is CCc1cc2c(=O)n(Cc3csc(-c4cccc(OC)c4OC)n3)cnc2s1. The van der Waals surface area contributed by atoms with Crippen LogP contribution in [0.3, 0.4) is 0 Å². The number of thiophene rings is 1. The van der Waals surface area contributed by atoms with Gasteiger partial charge in [0.15, 0.2) is 11.5 Å². The molecule has 4 aromatic rings. The Kier molecular flexibility index (Phi) is 5.15. The van der Waals surface area contributed by atoms with Gasteiger partial charge in [-0.1, -0.05) is 13.0 Å². The van der Waals surface area contributed by atoms with Gasteiger partial charge in [-0.3, -0.25) is 9.36 Å². The van der Waals surface area contributed by atoms with Gasteiger partial charge in [-0.15, -0.1) is 22.7 Å². The zero-order valence-corrected chi connectivity index (χ0v) is 17.4. The molecule has 0 N–H and O–H groups in total. The summed E-state index contributed by atoms with van der Waals surface area (Å²) in [7, 11) is 3.22. The molecule has 0 bridgehead atoms. The number of aromatic nitrogens is 3. The fourth-order valence-corrected chi connectivity index (χ4v) is 4.79. The smallest absolute Gasteiger partial charge is 0.262 e. The second-order valence-corrected chi connectivity index (χ2v) is 8.12. The van der Waals surface area contributed by atoms with E-state index in [1.165, 1.54) is 16.2 Å². The standard InChI is InChI=1S/C20H19N3O3S2/c1-4-13-8-15-18(28-13)21-11-23(20(15)24)9-12-10-27-19(22-12)14-6-5-7-16(25-2)17(14)26-3/h5-8,10-11H,4,9H2,1-3H3. The van der Waals surface area contributed by atoms with Crippen LogP contribution in [0.4, 0.5) is 0 Å². The Morgan fingerprint density at radius 2 is 2.07 bits per heavy atom. The molecule has 144 valence electrons. The lowest BCUT2D eigenvalue weighted by atomic mass is 10.2. The monoisotopic (exact) mass is 413 g/mol. The molecule has 0 radical (unpaired) electrons. The number of aryl methyl sites for hydroxylation is 1. The van der Waals surface area contributed by atoms with E-state index in [4.69, 9.17) is 14.5 Å². The van der Waals surface area contributed by atoms with Crippen LogP contribution in [0.25, 0.3) is 20.8 Å². The van der Waals surface area contributed by atoms with Crippen LogP contribution >= 0.6 is 22.7 Å². The van der Waals surface area contributed by atoms with E-state index in [0.29, 0.717) is 23.4 Å². The maximum atomic E-state index is 12.8. The summed E-state index contributed by atoms with van der Waals surface area (Å²) in [5, 5.41) is 3.45. The van der Waals surface area contributed by atoms with Crippen molar-refractivity contribution in [3.05, 3.63) is 56.9 Å². The summed E-state index contributed by atoms with van der Waals surface area (Å²) in [5.74, 6) is 1.31. The fraction of sp³-hybridized carbons (Fsp3) is 0.250. The van der Waals surface area contributed by atoms with Crippen LogP contribution in [-0.2, 0) is 13.0 Å². The largest absolute Gasteiger partial charge is 0.493 e. The number of benzene rings is 1. The molecule has 0 unspecified atom stereocenters. The van der Waals surface area contributed by atoms with Crippen molar-refractivity contribution in [2.75, 3.05) is 14.2 Å². The quantitative estimate of drug-likeness (QED) is 0.474. The van der Waals surface area contributed by atoms with Gasteiger partial charge in [-0.25, -0.2) is 9.97 Å². The van der Waals surface area contributed by atoms with Crippen molar-refractivity contribution in [1.82, 2.24) is 14.5 Å². The van der Waals surface area contributed by atoms with Gasteiger partial charge in [-0.05, 0) is 24.6 Å². The van der Waals surface area contributed by atoms with Crippen LogP contribution in [0.5, 0.6) is 11.5 Å². The second kappa shape index (κ2) is 7.73. The topological polar surface area (TPSA) is 66.2 Å². The van der Waals surface area contributed by atoms with Gasteiger partial charge < -0.3 is 9.47 Å². The van der Waals surface area contributed by atoms with E-state index in [-0.39, 0.29) is 5.56 Å². The van der Waals surface area contributed by atoms with Gasteiger partial charge in [-0.2, -0.15) is 0 Å². The first kappa shape index (κ1) is 18.6. The van der Waals surface area contributed by atoms with Gasteiger partial charge in [0.05, 0.1) is 43.7 Å². The third kappa shape index (κ3) is 3.29. The number of methoxy groups -OCH3 is 2. The third-order valence-electron chi connectivity index (χ3n) is 4.44. The minimum Gasteiger partial charge on any atom is -0.493 e. The molecule has 6 nitrogen and oxygen atoms in total. The molecule has 8 heteroatoms. The van der Waals surface area contributed by atoms with E-state index in [1.807, 2.05) is 29.6 Å². The molecule has 0 atom stereocenters. The minimum atomic E-state index is -0.0329. The molecule has 0 spiro atoms. The lowest BCUT2D eigenvalue weighted by Crippen LogP contribution is -2.20. The summed E-state index contributed by atoms with van der Waals surface area (Å²) in [6.45, 7) is 2.45. The Balaban J connectivity index is 1.67. The summed E-state index contributed by atoms with van der Waals surface area (Å²) in [6.07, 6.45) is 2.50. The van der Waals surface area contributed by atoms with Crippen molar-refractivity contribution in [3.8, 4) is 22.1 Å². The predicted octanol–water partition coefficient (Wildman–Crippen LogP) is 4.21. The first-order valence-corrected chi connectivity index (χ1v) is 10.5. The zero-order valence-electron chi connectivity index (χ0n) is 15.8. The summed E-state index contributed by atoms with van der Waals surface area (Å²) < 4.78 is 12.5. The van der Waals surface area contributed by atoms with Gasteiger partial charge in [0, 0.05) is 10.3 Å². The average molecular weight is 414 g/mol. The van der Waals surface area contributed by atoms with Crippen LogP contribution in [0, 0.1) is 0 Å². The second-order valence-electron chi connectivity index (χ2n) is 6.15. The first-order chi connectivity index (χ1) is 13.6. The van der Waals surface area contributed by atoms with Crippen LogP contribution in [0.2, 0.25) is 0 Å². The Morgan fingerprint density at radius 3 is 2.82 bits per heavy atom. The van der Waals surface area contributed by atoms with E-state index in [2.05, 4.69) is 11.9 Å². The van der Waals surface area contributed by atoms with E-state index >= 15 is 0 Å². The van der Waals surface area contributed by atoms with Gasteiger partial charge >= 0.3 is 0 Å². The molecule has 0 aliphatic rings. The van der Waals surface area contributed by atoms with Crippen LogP contribution in [0.15, 0.2) is 40.8 Å². The molecular formula is C20H19N3O3S2. The van der Waals surface area contributed by atoms with Crippen molar-refractivity contribution in [1.29, 1.82) is 0 Å². The summed E-state index contributed by atoms with van der Waals surface area (Å²) >= 11 is 3.08. The highest BCUT2D eigenvalue weighted by Gasteiger charge is 2.15. The van der Waals surface area contributed by atoms with Crippen molar-refractivity contribution in [2.45, 2.75) is 19.9 Å². The molecule has 0 saturated heterocycles. The maximum absolute atomic E-state index is 12.8. The zero-order chi connectivity index (χ0) is 19.7. The summed E-state index contributed by atoms with van der Waals surface area (Å²) in [6, 6.07) is 7.64. The van der Waals surface area contributed by atoms with E-state index in [1.54, 1.807) is 36.5 Å². The van der Waals surface area contributed by atoms with Crippen molar-refractivity contribution in [2.24, 2.45) is 0 Å². The Morgan fingerprint density at radius 1 is 1.21 bits per heavy atom.